The molecule has 6 nitrogen and oxygen atoms in total. The monoisotopic (exact) mass is 519 g/mol. The van der Waals surface area contributed by atoms with Gasteiger partial charge in [0.05, 0.1) is 6.04 Å². The molecule has 0 aromatic heterocycles. The number of imide groups is 1. The molecule has 1 N–H and O–H groups in total. The molecule has 3 amide bonds. The van der Waals surface area contributed by atoms with E-state index in [4.69, 9.17) is 0 Å². The normalized spacial score (nSPS) is 27.4. The number of hydrogen-bond acceptors (Lipinski definition) is 5. The van der Waals surface area contributed by atoms with Crippen LogP contribution in [0.25, 0.3) is 0 Å². The molecular weight excluding hydrogens is 484 g/mol. The van der Waals surface area contributed by atoms with Gasteiger partial charge in [-0.05, 0) is 75.1 Å². The van der Waals surface area contributed by atoms with Gasteiger partial charge in [0, 0.05) is 29.3 Å². The van der Waals surface area contributed by atoms with Gasteiger partial charge in [-0.15, -0.1) is 11.8 Å². The van der Waals surface area contributed by atoms with Crippen molar-refractivity contribution in [2.75, 3.05) is 18.8 Å². The van der Waals surface area contributed by atoms with E-state index < -0.39 is 18.0 Å². The lowest BCUT2D eigenvalue weighted by atomic mass is 9.94. The van der Waals surface area contributed by atoms with Crippen molar-refractivity contribution in [1.29, 1.82) is 0 Å². The Kier molecular flexibility index (Phi) is 7.67. The summed E-state index contributed by atoms with van der Waals surface area (Å²) < 4.78 is 28.6. The number of nitrogens with zero attached hydrogens (tertiary/aromatic N) is 2. The minimum Gasteiger partial charge on any atom is -0.322 e. The Balaban J connectivity index is 1.02. The van der Waals surface area contributed by atoms with E-state index in [1.807, 2.05) is 23.1 Å². The minimum absolute atomic E-state index is 0.137. The number of carbonyl (C=O) groups excluding carboxylic acids is 3. The average Bonchev–Trinajstić information content (AvgIpc) is 3.22. The second-order valence-electron chi connectivity index (χ2n) is 10.6. The van der Waals surface area contributed by atoms with Crippen LogP contribution in [0.5, 0.6) is 0 Å². The largest absolute Gasteiger partial charge is 0.322 e. The van der Waals surface area contributed by atoms with Crippen molar-refractivity contribution < 1.29 is 23.2 Å². The average molecular weight is 520 g/mol. The number of hydrogen-bond donors (Lipinski definition) is 1. The molecule has 3 atom stereocenters. The number of fused-ring (bicyclic) bond motifs is 3. The number of alkyl halides is 2. The van der Waals surface area contributed by atoms with E-state index in [1.54, 1.807) is 16.7 Å². The Morgan fingerprint density at radius 2 is 1.81 bits per heavy atom. The highest BCUT2D eigenvalue weighted by molar-refractivity contribution is 7.99. The molecule has 196 valence electrons. The number of benzene rings is 1. The predicted molar refractivity (Wildman–Crippen MR) is 134 cm³/mol. The number of thioether (sulfide) groups is 1. The van der Waals surface area contributed by atoms with Crippen LogP contribution in [0.4, 0.5) is 8.78 Å². The molecule has 3 fully saturated rings. The van der Waals surface area contributed by atoms with E-state index in [0.29, 0.717) is 37.8 Å². The molecule has 5 rings (SSSR count). The summed E-state index contributed by atoms with van der Waals surface area (Å²) in [6.45, 7) is 2.02. The molecule has 3 unspecified atom stereocenters. The highest BCUT2D eigenvalue weighted by Gasteiger charge is 2.56. The van der Waals surface area contributed by atoms with Crippen LogP contribution in [0.1, 0.15) is 80.1 Å². The zero-order valence-corrected chi connectivity index (χ0v) is 21.5. The van der Waals surface area contributed by atoms with Gasteiger partial charge in [-0.2, -0.15) is 0 Å². The second-order valence-corrected chi connectivity index (χ2v) is 11.7. The number of unbranched alkanes of at least 4 members (excludes halogenated alkanes) is 4. The van der Waals surface area contributed by atoms with Crippen LogP contribution >= 0.6 is 11.8 Å². The van der Waals surface area contributed by atoms with Gasteiger partial charge in [0.25, 0.3) is 11.8 Å². The van der Waals surface area contributed by atoms with Crippen molar-refractivity contribution in [1.82, 2.24) is 15.1 Å². The standard InChI is InChI=1S/C27H35F2N3O3S/c28-27(29)18-9-11-23(27)31(15-13-18)14-4-2-1-3-5-16-36-22-8-6-7-19-20(22)17-32(26(19)35)21-10-12-24(33)30-25(21)34/h6-8,18,21,23H,1-5,9-17H2,(H,30,33,34). The maximum atomic E-state index is 14.3. The first kappa shape index (κ1) is 25.6. The van der Waals surface area contributed by atoms with Crippen molar-refractivity contribution >= 4 is 29.5 Å². The molecule has 0 radical (unpaired) electrons. The SMILES string of the molecule is O=C1CCC(N2Cc3c(SCCCCCCCN4CCC5CCC4C5(F)F)cccc3C2=O)C(=O)N1. The summed E-state index contributed by atoms with van der Waals surface area (Å²) in [5.41, 5.74) is 1.63. The molecule has 1 aromatic carbocycles. The third-order valence-corrected chi connectivity index (χ3v) is 9.56. The van der Waals surface area contributed by atoms with Crippen molar-refractivity contribution in [3.63, 3.8) is 0 Å². The first-order chi connectivity index (χ1) is 17.4. The molecule has 36 heavy (non-hydrogen) atoms. The molecule has 3 heterocycles. The van der Waals surface area contributed by atoms with Crippen LogP contribution in [0.2, 0.25) is 0 Å². The molecule has 2 saturated heterocycles. The summed E-state index contributed by atoms with van der Waals surface area (Å²) in [5.74, 6) is -2.73. The molecule has 2 bridgehead atoms. The van der Waals surface area contributed by atoms with Crippen LogP contribution in [0.3, 0.4) is 0 Å². The summed E-state index contributed by atoms with van der Waals surface area (Å²) in [7, 11) is 0. The quantitative estimate of drug-likeness (QED) is 0.278. The Morgan fingerprint density at radius 1 is 1.00 bits per heavy atom. The van der Waals surface area contributed by atoms with Gasteiger partial charge >= 0.3 is 0 Å². The van der Waals surface area contributed by atoms with Crippen LogP contribution in [0.15, 0.2) is 23.1 Å². The van der Waals surface area contributed by atoms with Crippen LogP contribution < -0.4 is 5.32 Å². The van der Waals surface area contributed by atoms with Gasteiger partial charge in [-0.3, -0.25) is 24.6 Å². The van der Waals surface area contributed by atoms with Crippen molar-refractivity contribution in [2.24, 2.45) is 5.92 Å². The fourth-order valence-corrected chi connectivity index (χ4v) is 7.44. The number of halogens is 2. The number of nitrogens with one attached hydrogen (secondary N) is 1. The first-order valence-corrected chi connectivity index (χ1v) is 14.4. The number of carbonyl (C=O) groups is 3. The van der Waals surface area contributed by atoms with Gasteiger partial charge in [-0.25, -0.2) is 8.78 Å². The van der Waals surface area contributed by atoms with Gasteiger partial charge in [-0.1, -0.05) is 25.3 Å². The van der Waals surface area contributed by atoms with E-state index in [2.05, 4.69) is 5.32 Å². The fraction of sp³-hybridized carbons (Fsp3) is 0.667. The zero-order chi connectivity index (χ0) is 25.3. The Hall–Kier alpha value is -2.00. The summed E-state index contributed by atoms with van der Waals surface area (Å²) >= 11 is 1.75. The Labute approximate surface area is 215 Å². The lowest BCUT2D eigenvalue weighted by Crippen LogP contribution is -2.52. The zero-order valence-electron chi connectivity index (χ0n) is 20.6. The lowest BCUT2D eigenvalue weighted by molar-refractivity contribution is -0.136. The molecular formula is C27H35F2N3O3S. The van der Waals surface area contributed by atoms with Gasteiger partial charge in [0.2, 0.25) is 11.8 Å². The molecule has 1 aliphatic carbocycles. The van der Waals surface area contributed by atoms with E-state index in [1.165, 1.54) is 0 Å². The van der Waals surface area contributed by atoms with E-state index in [-0.39, 0.29) is 30.1 Å². The Bertz CT molecular complexity index is 1020. The molecule has 9 heteroatoms. The lowest BCUT2D eigenvalue weighted by Gasteiger charge is -2.39. The summed E-state index contributed by atoms with van der Waals surface area (Å²) in [5, 5.41) is 2.35. The van der Waals surface area contributed by atoms with Crippen LogP contribution in [-0.4, -0.2) is 64.4 Å². The summed E-state index contributed by atoms with van der Waals surface area (Å²) in [4.78, 5) is 41.4. The highest BCUT2D eigenvalue weighted by atomic mass is 32.2. The highest BCUT2D eigenvalue weighted by Crippen LogP contribution is 2.48. The fourth-order valence-electron chi connectivity index (χ4n) is 6.35. The first-order valence-electron chi connectivity index (χ1n) is 13.4. The third kappa shape index (κ3) is 5.05. The van der Waals surface area contributed by atoms with Crippen molar-refractivity contribution in [3.8, 4) is 0 Å². The van der Waals surface area contributed by atoms with Crippen LogP contribution in [0, 0.1) is 5.92 Å². The predicted octanol–water partition coefficient (Wildman–Crippen LogP) is 4.61. The molecule has 4 aliphatic rings. The van der Waals surface area contributed by atoms with Crippen molar-refractivity contribution in [3.05, 3.63) is 29.3 Å². The number of amides is 3. The second kappa shape index (κ2) is 10.8. The molecule has 0 spiro atoms. The molecule has 1 aromatic rings. The van der Waals surface area contributed by atoms with E-state index in [9.17, 15) is 23.2 Å². The molecule has 3 aliphatic heterocycles. The number of likely N-dealkylation sites (tertiary alicyclic amines) is 1. The smallest absolute Gasteiger partial charge is 0.266 e. The van der Waals surface area contributed by atoms with Crippen LogP contribution in [-0.2, 0) is 16.1 Å². The maximum Gasteiger partial charge on any atom is 0.266 e. The third-order valence-electron chi connectivity index (χ3n) is 8.37. The van der Waals surface area contributed by atoms with Gasteiger partial charge in [0.15, 0.2) is 0 Å². The van der Waals surface area contributed by atoms with E-state index in [0.717, 1.165) is 61.4 Å². The van der Waals surface area contributed by atoms with Crippen molar-refractivity contribution in [2.45, 2.75) is 93.7 Å². The minimum atomic E-state index is -2.49. The molecule has 1 saturated carbocycles. The maximum absolute atomic E-state index is 14.3. The number of piperidine rings is 2. The summed E-state index contributed by atoms with van der Waals surface area (Å²) in [6, 6.07) is 4.62. The summed E-state index contributed by atoms with van der Waals surface area (Å²) in [6.07, 6.45) is 7.91. The topological polar surface area (TPSA) is 69.7 Å². The Morgan fingerprint density at radius 3 is 2.64 bits per heavy atom. The number of rotatable bonds is 10. The van der Waals surface area contributed by atoms with Gasteiger partial charge in [0.1, 0.15) is 6.04 Å². The van der Waals surface area contributed by atoms with E-state index >= 15 is 0 Å². The van der Waals surface area contributed by atoms with Gasteiger partial charge < -0.3 is 4.90 Å².